The molecule has 1 aromatic rings. The molecule has 0 unspecified atom stereocenters. The first kappa shape index (κ1) is 16.2. The van der Waals surface area contributed by atoms with Gasteiger partial charge in [0.2, 0.25) is 0 Å². The van der Waals surface area contributed by atoms with Crippen LogP contribution < -0.4 is 11.1 Å². The number of anilines is 1. The van der Waals surface area contributed by atoms with E-state index in [0.717, 1.165) is 30.8 Å². The summed E-state index contributed by atoms with van der Waals surface area (Å²) >= 11 is 5.20. The molecule has 1 aromatic heterocycles. The summed E-state index contributed by atoms with van der Waals surface area (Å²) in [5.74, 6) is 2.76. The lowest BCUT2D eigenvalue weighted by atomic mass is 9.85. The summed E-state index contributed by atoms with van der Waals surface area (Å²) in [6.45, 7) is 10.0. The number of nitrogens with one attached hydrogen (secondary N) is 1. The highest BCUT2D eigenvalue weighted by molar-refractivity contribution is 7.80. The quantitative estimate of drug-likeness (QED) is 0.789. The molecule has 0 saturated heterocycles. The van der Waals surface area contributed by atoms with E-state index in [1.54, 1.807) is 0 Å². The molecule has 0 spiro atoms. The van der Waals surface area contributed by atoms with E-state index in [1.807, 2.05) is 0 Å². The number of pyridine rings is 1. The van der Waals surface area contributed by atoms with E-state index in [-0.39, 0.29) is 0 Å². The highest BCUT2D eigenvalue weighted by Crippen LogP contribution is 2.27. The zero-order valence-electron chi connectivity index (χ0n) is 13.6. The van der Waals surface area contributed by atoms with Gasteiger partial charge in [0.1, 0.15) is 10.8 Å². The minimum atomic E-state index is 0.436. The third kappa shape index (κ3) is 3.73. The van der Waals surface area contributed by atoms with Gasteiger partial charge in [-0.05, 0) is 48.6 Å². The van der Waals surface area contributed by atoms with Crippen LogP contribution in [-0.2, 0) is 12.8 Å². The smallest absolute Gasteiger partial charge is 0.136 e. The molecule has 116 valence electrons. The minimum absolute atomic E-state index is 0.436. The predicted octanol–water partition coefficient (Wildman–Crippen LogP) is 3.54. The largest absolute Gasteiger partial charge is 0.389 e. The van der Waals surface area contributed by atoms with E-state index in [4.69, 9.17) is 22.9 Å². The Bertz CT molecular complexity index is 515. The molecule has 0 aromatic carbocycles. The molecular weight excluding hydrogens is 278 g/mol. The van der Waals surface area contributed by atoms with E-state index in [1.165, 1.54) is 17.7 Å². The molecule has 0 radical (unpaired) electrons. The Labute approximate surface area is 133 Å². The molecular formula is C17H27N3S. The Morgan fingerprint density at radius 1 is 1.29 bits per heavy atom. The maximum Gasteiger partial charge on any atom is 0.136 e. The SMILES string of the molecule is CC(C)C(CNc1nc2c(cc1C(N)=S)CCC2)C(C)C. The van der Waals surface area contributed by atoms with Gasteiger partial charge >= 0.3 is 0 Å². The third-order valence-electron chi connectivity index (χ3n) is 4.53. The van der Waals surface area contributed by atoms with Crippen molar-refractivity contribution in [2.45, 2.75) is 47.0 Å². The van der Waals surface area contributed by atoms with Crippen molar-refractivity contribution in [3.63, 3.8) is 0 Å². The van der Waals surface area contributed by atoms with Crippen molar-refractivity contribution in [3.05, 3.63) is 22.9 Å². The highest BCUT2D eigenvalue weighted by Gasteiger charge is 2.20. The fraction of sp³-hybridized carbons (Fsp3) is 0.647. The van der Waals surface area contributed by atoms with Crippen molar-refractivity contribution in [1.82, 2.24) is 4.98 Å². The molecule has 0 amide bonds. The Hall–Kier alpha value is -1.16. The van der Waals surface area contributed by atoms with Gasteiger partial charge in [-0.3, -0.25) is 0 Å². The summed E-state index contributed by atoms with van der Waals surface area (Å²) in [6.07, 6.45) is 3.35. The lowest BCUT2D eigenvalue weighted by Crippen LogP contribution is -2.26. The maximum atomic E-state index is 5.89. The molecule has 1 heterocycles. The fourth-order valence-corrected chi connectivity index (χ4v) is 3.41. The normalized spacial score (nSPS) is 14.0. The van der Waals surface area contributed by atoms with Gasteiger partial charge in [-0.1, -0.05) is 39.9 Å². The average molecular weight is 305 g/mol. The van der Waals surface area contributed by atoms with E-state index < -0.39 is 0 Å². The number of fused-ring (bicyclic) bond motifs is 1. The van der Waals surface area contributed by atoms with E-state index in [9.17, 15) is 0 Å². The number of aryl methyl sites for hydroxylation is 2. The van der Waals surface area contributed by atoms with Gasteiger partial charge in [0, 0.05) is 12.2 Å². The van der Waals surface area contributed by atoms with Crippen molar-refractivity contribution < 1.29 is 0 Å². The van der Waals surface area contributed by atoms with Gasteiger partial charge in [-0.2, -0.15) is 0 Å². The van der Waals surface area contributed by atoms with Gasteiger partial charge in [0.15, 0.2) is 0 Å². The zero-order valence-corrected chi connectivity index (χ0v) is 14.4. The number of rotatable bonds is 6. The monoisotopic (exact) mass is 305 g/mol. The van der Waals surface area contributed by atoms with Crippen LogP contribution >= 0.6 is 12.2 Å². The van der Waals surface area contributed by atoms with Crippen molar-refractivity contribution >= 4 is 23.0 Å². The number of nitrogens with zero attached hydrogens (tertiary/aromatic N) is 1. The van der Waals surface area contributed by atoms with Crippen LogP contribution in [0.2, 0.25) is 0 Å². The zero-order chi connectivity index (χ0) is 15.6. The first-order valence-corrected chi connectivity index (χ1v) is 8.37. The van der Waals surface area contributed by atoms with E-state index >= 15 is 0 Å². The molecule has 0 aliphatic heterocycles. The summed E-state index contributed by atoms with van der Waals surface area (Å²) in [5.41, 5.74) is 9.31. The molecule has 1 aliphatic rings. The summed E-state index contributed by atoms with van der Waals surface area (Å²) < 4.78 is 0. The standard InChI is InChI=1S/C17H27N3S/c1-10(2)14(11(3)4)9-19-17-13(16(18)21)8-12-6-5-7-15(12)20-17/h8,10-11,14H,5-7,9H2,1-4H3,(H2,18,21)(H,19,20). The molecule has 0 atom stereocenters. The number of hydrogen-bond donors (Lipinski definition) is 2. The number of hydrogen-bond acceptors (Lipinski definition) is 3. The van der Waals surface area contributed by atoms with Crippen LogP contribution in [0.3, 0.4) is 0 Å². The second-order valence-electron chi connectivity index (χ2n) is 6.74. The Kier molecular flexibility index (Phi) is 5.20. The van der Waals surface area contributed by atoms with Gasteiger partial charge in [0.25, 0.3) is 0 Å². The third-order valence-corrected chi connectivity index (χ3v) is 4.75. The van der Waals surface area contributed by atoms with Crippen LogP contribution in [0.4, 0.5) is 5.82 Å². The topological polar surface area (TPSA) is 50.9 Å². The second kappa shape index (κ2) is 6.73. The van der Waals surface area contributed by atoms with Crippen LogP contribution in [0, 0.1) is 17.8 Å². The molecule has 0 saturated carbocycles. The first-order valence-electron chi connectivity index (χ1n) is 7.96. The Morgan fingerprint density at radius 3 is 2.52 bits per heavy atom. The molecule has 3 N–H and O–H groups in total. The minimum Gasteiger partial charge on any atom is -0.389 e. The highest BCUT2D eigenvalue weighted by atomic mass is 32.1. The van der Waals surface area contributed by atoms with Crippen LogP contribution in [-0.4, -0.2) is 16.5 Å². The van der Waals surface area contributed by atoms with Gasteiger partial charge in [-0.15, -0.1) is 0 Å². The number of aromatic nitrogens is 1. The van der Waals surface area contributed by atoms with Crippen molar-refractivity contribution in [3.8, 4) is 0 Å². The van der Waals surface area contributed by atoms with Crippen LogP contribution in [0.5, 0.6) is 0 Å². The van der Waals surface area contributed by atoms with Crippen molar-refractivity contribution in [1.29, 1.82) is 0 Å². The summed E-state index contributed by atoms with van der Waals surface area (Å²) in [7, 11) is 0. The molecule has 21 heavy (non-hydrogen) atoms. The van der Waals surface area contributed by atoms with Gasteiger partial charge < -0.3 is 11.1 Å². The molecule has 4 heteroatoms. The summed E-state index contributed by atoms with van der Waals surface area (Å²) in [4.78, 5) is 5.22. The summed E-state index contributed by atoms with van der Waals surface area (Å²) in [5, 5.41) is 3.51. The summed E-state index contributed by atoms with van der Waals surface area (Å²) in [6, 6.07) is 2.14. The molecule has 3 nitrogen and oxygen atoms in total. The first-order chi connectivity index (χ1) is 9.90. The lowest BCUT2D eigenvalue weighted by Gasteiger charge is -2.26. The number of thiocarbonyl (C=S) groups is 1. The predicted molar refractivity (Wildman–Crippen MR) is 93.8 cm³/mol. The van der Waals surface area contributed by atoms with Gasteiger partial charge in [-0.25, -0.2) is 4.98 Å². The Morgan fingerprint density at radius 2 is 1.95 bits per heavy atom. The van der Waals surface area contributed by atoms with E-state index in [2.05, 4.69) is 39.1 Å². The average Bonchev–Trinajstić information content (AvgIpc) is 2.83. The fourth-order valence-electron chi connectivity index (χ4n) is 3.25. The number of nitrogens with two attached hydrogens (primary N) is 1. The van der Waals surface area contributed by atoms with Crippen LogP contribution in [0.15, 0.2) is 6.07 Å². The van der Waals surface area contributed by atoms with Crippen LogP contribution in [0.25, 0.3) is 0 Å². The molecule has 2 rings (SSSR count). The van der Waals surface area contributed by atoms with E-state index in [0.29, 0.717) is 22.7 Å². The molecule has 0 fully saturated rings. The lowest BCUT2D eigenvalue weighted by molar-refractivity contribution is 0.304. The van der Waals surface area contributed by atoms with Crippen molar-refractivity contribution in [2.24, 2.45) is 23.5 Å². The Balaban J connectivity index is 2.21. The maximum absolute atomic E-state index is 5.89. The van der Waals surface area contributed by atoms with Gasteiger partial charge in [0.05, 0.1) is 5.56 Å². The van der Waals surface area contributed by atoms with Crippen LogP contribution in [0.1, 0.15) is 50.9 Å². The second-order valence-corrected chi connectivity index (χ2v) is 7.18. The van der Waals surface area contributed by atoms with Crippen molar-refractivity contribution in [2.75, 3.05) is 11.9 Å². The molecule has 1 aliphatic carbocycles. The molecule has 0 bridgehead atoms.